The van der Waals surface area contributed by atoms with Gasteiger partial charge >= 0.3 is 0 Å². The standard InChI is InChI=1S/C15H26O5S/c1-21(16,17)14-4-2-3-13(11-14)20-12-5-7-15(8-6-12)18-9-10-19-15/h12-14H,2-11H2,1H3. The predicted molar refractivity (Wildman–Crippen MR) is 78.9 cm³/mol. The van der Waals surface area contributed by atoms with Gasteiger partial charge in [0, 0.05) is 19.1 Å². The summed E-state index contributed by atoms with van der Waals surface area (Å²) in [6.07, 6.45) is 8.72. The first-order chi connectivity index (χ1) is 9.97. The highest BCUT2D eigenvalue weighted by Crippen LogP contribution is 2.38. The molecule has 0 aromatic rings. The molecule has 0 aromatic carbocycles. The Bertz CT molecular complexity index is 445. The predicted octanol–water partition coefficient (Wildman–Crippen LogP) is 2.04. The maximum Gasteiger partial charge on any atom is 0.168 e. The maximum absolute atomic E-state index is 11.7. The van der Waals surface area contributed by atoms with E-state index < -0.39 is 9.84 Å². The van der Waals surface area contributed by atoms with Crippen molar-refractivity contribution in [3.63, 3.8) is 0 Å². The van der Waals surface area contributed by atoms with Crippen LogP contribution in [0, 0.1) is 0 Å². The summed E-state index contributed by atoms with van der Waals surface area (Å²) in [6.45, 7) is 1.40. The summed E-state index contributed by atoms with van der Waals surface area (Å²) in [5.74, 6) is -0.346. The van der Waals surface area contributed by atoms with Crippen LogP contribution in [0.2, 0.25) is 0 Å². The molecule has 0 N–H and O–H groups in total. The summed E-state index contributed by atoms with van der Waals surface area (Å²) >= 11 is 0. The molecular weight excluding hydrogens is 292 g/mol. The first-order valence-electron chi connectivity index (χ1n) is 8.09. The third-order valence-electron chi connectivity index (χ3n) is 5.08. The van der Waals surface area contributed by atoms with Crippen LogP contribution in [0.25, 0.3) is 0 Å². The summed E-state index contributed by atoms with van der Waals surface area (Å²) in [6, 6.07) is 0. The lowest BCUT2D eigenvalue weighted by Crippen LogP contribution is -2.40. The molecule has 1 spiro atoms. The molecule has 2 atom stereocenters. The number of hydrogen-bond acceptors (Lipinski definition) is 5. The zero-order chi connectivity index (χ0) is 14.9. The minimum absolute atomic E-state index is 0.0999. The molecule has 1 heterocycles. The topological polar surface area (TPSA) is 61.8 Å². The quantitative estimate of drug-likeness (QED) is 0.797. The molecule has 3 aliphatic rings. The zero-order valence-corrected chi connectivity index (χ0v) is 13.6. The van der Waals surface area contributed by atoms with Crippen LogP contribution in [0.15, 0.2) is 0 Å². The van der Waals surface area contributed by atoms with E-state index in [2.05, 4.69) is 0 Å². The van der Waals surface area contributed by atoms with E-state index >= 15 is 0 Å². The molecule has 3 rings (SSSR count). The summed E-state index contributed by atoms with van der Waals surface area (Å²) in [7, 11) is -2.94. The van der Waals surface area contributed by atoms with Gasteiger partial charge in [0.05, 0.1) is 30.7 Å². The van der Waals surface area contributed by atoms with Gasteiger partial charge in [-0.25, -0.2) is 8.42 Å². The van der Waals surface area contributed by atoms with Gasteiger partial charge < -0.3 is 14.2 Å². The fourth-order valence-corrected chi connectivity index (χ4v) is 5.00. The van der Waals surface area contributed by atoms with Crippen LogP contribution in [0.5, 0.6) is 0 Å². The van der Waals surface area contributed by atoms with Gasteiger partial charge in [0.15, 0.2) is 5.79 Å². The number of hydrogen-bond donors (Lipinski definition) is 0. The second-order valence-electron chi connectivity index (χ2n) is 6.68. The van der Waals surface area contributed by atoms with Gasteiger partial charge in [-0.3, -0.25) is 0 Å². The summed E-state index contributed by atoms with van der Waals surface area (Å²) < 4.78 is 41.0. The Kier molecular flexibility index (Phi) is 4.60. The van der Waals surface area contributed by atoms with E-state index in [0.29, 0.717) is 19.6 Å². The SMILES string of the molecule is CS(=O)(=O)C1CCCC(OC2CCC3(CC2)OCCO3)C1. The Morgan fingerprint density at radius 3 is 2.29 bits per heavy atom. The Hall–Kier alpha value is -0.170. The maximum atomic E-state index is 11.7. The van der Waals surface area contributed by atoms with E-state index in [9.17, 15) is 8.42 Å². The molecule has 0 radical (unpaired) electrons. The van der Waals surface area contributed by atoms with Crippen molar-refractivity contribution in [3.8, 4) is 0 Å². The van der Waals surface area contributed by atoms with Gasteiger partial charge in [0.25, 0.3) is 0 Å². The lowest BCUT2D eigenvalue weighted by molar-refractivity contribution is -0.196. The second-order valence-corrected chi connectivity index (χ2v) is 9.01. The van der Waals surface area contributed by atoms with E-state index in [-0.39, 0.29) is 23.2 Å². The molecular formula is C15H26O5S. The Morgan fingerprint density at radius 1 is 1.00 bits per heavy atom. The number of sulfone groups is 1. The second kappa shape index (κ2) is 6.14. The lowest BCUT2D eigenvalue weighted by Gasteiger charge is -2.38. The third-order valence-corrected chi connectivity index (χ3v) is 6.72. The molecule has 2 saturated carbocycles. The van der Waals surface area contributed by atoms with Crippen LogP contribution in [0.1, 0.15) is 51.4 Å². The van der Waals surface area contributed by atoms with E-state index in [1.807, 2.05) is 0 Å². The van der Waals surface area contributed by atoms with Gasteiger partial charge in [0.2, 0.25) is 0 Å². The molecule has 1 saturated heterocycles. The van der Waals surface area contributed by atoms with Crippen molar-refractivity contribution in [2.24, 2.45) is 0 Å². The summed E-state index contributed by atoms with van der Waals surface area (Å²) in [4.78, 5) is 0. The van der Waals surface area contributed by atoms with Crippen molar-refractivity contribution in [2.75, 3.05) is 19.5 Å². The van der Waals surface area contributed by atoms with Crippen molar-refractivity contribution < 1.29 is 22.6 Å². The molecule has 3 fully saturated rings. The zero-order valence-electron chi connectivity index (χ0n) is 12.8. The van der Waals surface area contributed by atoms with Crippen LogP contribution in [-0.4, -0.2) is 51.1 Å². The molecule has 0 bridgehead atoms. The van der Waals surface area contributed by atoms with E-state index in [1.165, 1.54) is 6.26 Å². The monoisotopic (exact) mass is 318 g/mol. The fourth-order valence-electron chi connectivity index (χ4n) is 3.84. The third kappa shape index (κ3) is 3.78. The van der Waals surface area contributed by atoms with Crippen molar-refractivity contribution in [1.82, 2.24) is 0 Å². The highest BCUT2D eigenvalue weighted by molar-refractivity contribution is 7.91. The Morgan fingerprint density at radius 2 is 1.67 bits per heavy atom. The average molecular weight is 318 g/mol. The molecule has 0 amide bonds. The van der Waals surface area contributed by atoms with Crippen molar-refractivity contribution in [3.05, 3.63) is 0 Å². The van der Waals surface area contributed by atoms with Crippen LogP contribution in [-0.2, 0) is 24.0 Å². The van der Waals surface area contributed by atoms with Crippen molar-refractivity contribution >= 4 is 9.84 Å². The lowest BCUT2D eigenvalue weighted by atomic mass is 9.91. The van der Waals surface area contributed by atoms with Gasteiger partial charge in [-0.1, -0.05) is 0 Å². The molecule has 21 heavy (non-hydrogen) atoms. The van der Waals surface area contributed by atoms with Crippen LogP contribution in [0.3, 0.4) is 0 Å². The average Bonchev–Trinajstić information content (AvgIpc) is 2.90. The van der Waals surface area contributed by atoms with Crippen LogP contribution >= 0.6 is 0 Å². The van der Waals surface area contributed by atoms with Gasteiger partial charge in [-0.2, -0.15) is 0 Å². The van der Waals surface area contributed by atoms with Crippen LogP contribution in [0.4, 0.5) is 0 Å². The Labute approximate surface area is 127 Å². The van der Waals surface area contributed by atoms with E-state index in [0.717, 1.165) is 44.9 Å². The Balaban J connectivity index is 1.49. The van der Waals surface area contributed by atoms with E-state index in [4.69, 9.17) is 14.2 Å². The number of rotatable bonds is 3. The smallest absolute Gasteiger partial charge is 0.168 e. The summed E-state index contributed by atoms with van der Waals surface area (Å²) in [5, 5.41) is -0.215. The molecule has 6 heteroatoms. The molecule has 5 nitrogen and oxygen atoms in total. The highest BCUT2D eigenvalue weighted by atomic mass is 32.2. The molecule has 0 aromatic heterocycles. The minimum Gasteiger partial charge on any atom is -0.375 e. The first kappa shape index (κ1) is 15.7. The van der Waals surface area contributed by atoms with Crippen molar-refractivity contribution in [2.45, 2.75) is 74.6 Å². The highest BCUT2D eigenvalue weighted by Gasteiger charge is 2.41. The summed E-state index contributed by atoms with van der Waals surface area (Å²) in [5.41, 5.74) is 0. The first-order valence-corrected chi connectivity index (χ1v) is 10.0. The van der Waals surface area contributed by atoms with Crippen molar-refractivity contribution in [1.29, 1.82) is 0 Å². The largest absolute Gasteiger partial charge is 0.375 e. The molecule has 122 valence electrons. The van der Waals surface area contributed by atoms with Crippen LogP contribution < -0.4 is 0 Å². The molecule has 2 aliphatic carbocycles. The van der Waals surface area contributed by atoms with Gasteiger partial charge in [-0.05, 0) is 38.5 Å². The normalized spacial score (nSPS) is 34.3. The fraction of sp³-hybridized carbons (Fsp3) is 1.00. The molecule has 1 aliphatic heterocycles. The minimum atomic E-state index is -2.94. The van der Waals surface area contributed by atoms with Gasteiger partial charge in [-0.15, -0.1) is 0 Å². The number of ether oxygens (including phenoxy) is 3. The van der Waals surface area contributed by atoms with Gasteiger partial charge in [0.1, 0.15) is 9.84 Å². The van der Waals surface area contributed by atoms with E-state index in [1.54, 1.807) is 0 Å². The molecule has 2 unspecified atom stereocenters.